The number of rotatable bonds is 1. The summed E-state index contributed by atoms with van der Waals surface area (Å²) in [4.78, 5) is 27.9. The van der Waals surface area contributed by atoms with Crippen molar-refractivity contribution in [2.45, 2.75) is 0 Å². The number of nitrogens with zero attached hydrogens (tertiary/aromatic N) is 2. The Morgan fingerprint density at radius 1 is 1.21 bits per heavy atom. The summed E-state index contributed by atoms with van der Waals surface area (Å²) in [6.07, 6.45) is 2.97. The Labute approximate surface area is 107 Å². The summed E-state index contributed by atoms with van der Waals surface area (Å²) >= 11 is 0. The molecule has 6 nitrogen and oxygen atoms in total. The predicted octanol–water partition coefficient (Wildman–Crippen LogP) is 1.26. The highest BCUT2D eigenvalue weighted by atomic mass is 16.4. The third-order valence-electron chi connectivity index (χ3n) is 2.73. The van der Waals surface area contributed by atoms with Gasteiger partial charge in [0.2, 0.25) is 0 Å². The highest BCUT2D eigenvalue weighted by molar-refractivity contribution is 6.00. The largest absolute Gasteiger partial charge is 0.427 e. The van der Waals surface area contributed by atoms with Crippen molar-refractivity contribution in [3.05, 3.63) is 58.8 Å². The van der Waals surface area contributed by atoms with E-state index in [0.717, 1.165) is 4.57 Å². The average Bonchev–Trinajstić information content (AvgIpc) is 2.74. The minimum Gasteiger partial charge on any atom is -0.407 e. The molecule has 0 aliphatic carbocycles. The van der Waals surface area contributed by atoms with Crippen molar-refractivity contribution in [1.29, 1.82) is 0 Å². The van der Waals surface area contributed by atoms with E-state index in [1.165, 1.54) is 30.6 Å². The molecule has 0 spiro atoms. The summed E-state index contributed by atoms with van der Waals surface area (Å²) in [5.74, 6) is -1.20. The van der Waals surface area contributed by atoms with Gasteiger partial charge in [-0.3, -0.25) is 9.78 Å². The monoisotopic (exact) mass is 255 g/mol. The molecule has 3 rings (SSSR count). The molecule has 0 saturated carbocycles. The van der Waals surface area contributed by atoms with Gasteiger partial charge in [0.1, 0.15) is 0 Å². The Balaban J connectivity index is 2.23. The lowest BCUT2D eigenvalue weighted by molar-refractivity contribution is 0.0956. The maximum atomic E-state index is 12.3. The molecule has 0 saturated heterocycles. The number of hydrogen-bond donors (Lipinski definition) is 1. The lowest BCUT2D eigenvalue weighted by Crippen LogP contribution is -2.23. The van der Waals surface area contributed by atoms with E-state index in [9.17, 15) is 9.59 Å². The number of carbonyl (C=O) groups is 1. The summed E-state index contributed by atoms with van der Waals surface area (Å²) in [5.41, 5.74) is 7.10. The van der Waals surface area contributed by atoms with E-state index < -0.39 is 11.7 Å². The number of anilines is 1. The number of fused-ring (bicyclic) bond motifs is 1. The second-order valence-electron chi connectivity index (χ2n) is 3.97. The summed E-state index contributed by atoms with van der Waals surface area (Å²) < 4.78 is 5.99. The summed E-state index contributed by atoms with van der Waals surface area (Å²) in [6.45, 7) is 0. The van der Waals surface area contributed by atoms with Gasteiger partial charge in [0.25, 0.3) is 5.91 Å². The van der Waals surface area contributed by atoms with Crippen molar-refractivity contribution < 1.29 is 9.21 Å². The first kappa shape index (κ1) is 11.2. The Kier molecular flexibility index (Phi) is 2.42. The number of hydrogen-bond acceptors (Lipinski definition) is 5. The van der Waals surface area contributed by atoms with E-state index >= 15 is 0 Å². The fourth-order valence-corrected chi connectivity index (χ4v) is 1.85. The molecule has 0 unspecified atom stereocenters. The van der Waals surface area contributed by atoms with Gasteiger partial charge in [-0.1, -0.05) is 0 Å². The van der Waals surface area contributed by atoms with Crippen LogP contribution in [0.1, 0.15) is 10.4 Å². The molecule has 2 N–H and O–H groups in total. The first-order chi connectivity index (χ1) is 9.16. The Bertz CT molecular complexity index is 818. The fourth-order valence-electron chi connectivity index (χ4n) is 1.85. The molecule has 94 valence electrons. The first-order valence-electron chi connectivity index (χ1n) is 5.52. The van der Waals surface area contributed by atoms with Gasteiger partial charge in [-0.15, -0.1) is 0 Å². The standard InChI is InChI=1S/C13H9N3O3/c14-9-1-2-10-11(7-9)19-13(18)16(10)12(17)8-3-5-15-6-4-8/h1-7H,14H2. The molecule has 6 heteroatoms. The van der Waals surface area contributed by atoms with Crippen LogP contribution in [0, 0.1) is 0 Å². The number of benzene rings is 1. The Morgan fingerprint density at radius 2 is 1.95 bits per heavy atom. The zero-order valence-corrected chi connectivity index (χ0v) is 9.74. The number of pyridine rings is 1. The van der Waals surface area contributed by atoms with Gasteiger partial charge in [0.05, 0.1) is 5.52 Å². The second kappa shape index (κ2) is 4.09. The third-order valence-corrected chi connectivity index (χ3v) is 2.73. The second-order valence-corrected chi connectivity index (χ2v) is 3.97. The van der Waals surface area contributed by atoms with Gasteiger partial charge in [0, 0.05) is 29.7 Å². The van der Waals surface area contributed by atoms with E-state index in [1.807, 2.05) is 0 Å². The third kappa shape index (κ3) is 1.79. The summed E-state index contributed by atoms with van der Waals surface area (Å²) in [6, 6.07) is 7.76. The van der Waals surface area contributed by atoms with Crippen molar-refractivity contribution in [2.75, 3.05) is 5.73 Å². The van der Waals surface area contributed by atoms with Gasteiger partial charge in [0.15, 0.2) is 5.58 Å². The van der Waals surface area contributed by atoms with Crippen LogP contribution in [0.15, 0.2) is 51.9 Å². The van der Waals surface area contributed by atoms with Gasteiger partial charge in [-0.25, -0.2) is 9.36 Å². The molecule has 0 aliphatic heterocycles. The minimum absolute atomic E-state index is 0.285. The highest BCUT2D eigenvalue weighted by Gasteiger charge is 2.17. The molecule has 0 amide bonds. The zero-order chi connectivity index (χ0) is 13.4. The minimum atomic E-state index is -0.734. The smallest absolute Gasteiger partial charge is 0.407 e. The van der Waals surface area contributed by atoms with E-state index in [2.05, 4.69) is 4.98 Å². The number of aromatic nitrogens is 2. The summed E-state index contributed by atoms with van der Waals surface area (Å²) in [7, 11) is 0. The molecular weight excluding hydrogens is 246 g/mol. The zero-order valence-electron chi connectivity index (χ0n) is 9.74. The van der Waals surface area contributed by atoms with Crippen LogP contribution >= 0.6 is 0 Å². The molecule has 2 aromatic heterocycles. The molecule has 1 aromatic carbocycles. The highest BCUT2D eigenvalue weighted by Crippen LogP contribution is 2.17. The first-order valence-corrected chi connectivity index (χ1v) is 5.52. The quantitative estimate of drug-likeness (QED) is 0.661. The van der Waals surface area contributed by atoms with Crippen molar-refractivity contribution >= 4 is 22.7 Å². The van der Waals surface area contributed by atoms with E-state index in [0.29, 0.717) is 16.8 Å². The molecule has 0 atom stereocenters. The lowest BCUT2D eigenvalue weighted by atomic mass is 10.2. The Hall–Kier alpha value is -2.89. The van der Waals surface area contributed by atoms with Crippen LogP contribution in [0.3, 0.4) is 0 Å². The normalized spacial score (nSPS) is 10.7. The molecule has 19 heavy (non-hydrogen) atoms. The fraction of sp³-hybridized carbons (Fsp3) is 0. The lowest BCUT2D eigenvalue weighted by Gasteiger charge is -2.00. The summed E-state index contributed by atoms with van der Waals surface area (Å²) in [5, 5.41) is 0. The van der Waals surface area contributed by atoms with Gasteiger partial charge in [-0.05, 0) is 24.3 Å². The van der Waals surface area contributed by atoms with Crippen molar-refractivity contribution in [2.24, 2.45) is 0 Å². The van der Waals surface area contributed by atoms with Gasteiger partial charge in [-0.2, -0.15) is 0 Å². The molecule has 0 aliphatic rings. The molecule has 0 fully saturated rings. The van der Waals surface area contributed by atoms with E-state index in [4.69, 9.17) is 10.2 Å². The molecule has 3 aromatic rings. The number of nitrogen functional groups attached to an aromatic ring is 1. The van der Waals surface area contributed by atoms with Crippen LogP contribution < -0.4 is 11.5 Å². The van der Waals surface area contributed by atoms with E-state index in [1.54, 1.807) is 12.1 Å². The number of oxazole rings is 1. The van der Waals surface area contributed by atoms with E-state index in [-0.39, 0.29) is 5.58 Å². The van der Waals surface area contributed by atoms with Gasteiger partial charge < -0.3 is 10.2 Å². The Morgan fingerprint density at radius 3 is 2.68 bits per heavy atom. The molecule has 2 heterocycles. The predicted molar refractivity (Wildman–Crippen MR) is 68.9 cm³/mol. The number of nitrogens with two attached hydrogens (primary N) is 1. The molecule has 0 radical (unpaired) electrons. The topological polar surface area (TPSA) is 91.1 Å². The average molecular weight is 255 g/mol. The molecular formula is C13H9N3O3. The van der Waals surface area contributed by atoms with Crippen molar-refractivity contribution in [3.8, 4) is 0 Å². The maximum Gasteiger partial charge on any atom is 0.427 e. The number of carbonyl (C=O) groups excluding carboxylic acids is 1. The van der Waals surface area contributed by atoms with Crippen LogP contribution in [0.2, 0.25) is 0 Å². The van der Waals surface area contributed by atoms with Crippen LogP contribution in [0.4, 0.5) is 5.69 Å². The van der Waals surface area contributed by atoms with Crippen molar-refractivity contribution in [3.63, 3.8) is 0 Å². The van der Waals surface area contributed by atoms with Crippen LogP contribution in [0.5, 0.6) is 0 Å². The van der Waals surface area contributed by atoms with Gasteiger partial charge >= 0.3 is 5.76 Å². The van der Waals surface area contributed by atoms with Crippen LogP contribution in [-0.4, -0.2) is 15.5 Å². The SMILES string of the molecule is Nc1ccc2c(c1)oc(=O)n2C(=O)c1ccncc1. The van der Waals surface area contributed by atoms with Crippen molar-refractivity contribution in [1.82, 2.24) is 9.55 Å². The molecule has 0 bridgehead atoms. The van der Waals surface area contributed by atoms with Crippen LogP contribution in [-0.2, 0) is 0 Å². The maximum absolute atomic E-state index is 12.3. The van der Waals surface area contributed by atoms with Crippen LogP contribution in [0.25, 0.3) is 11.1 Å².